The number of hydrogen-bond donors (Lipinski definition) is 2. The van der Waals surface area contributed by atoms with Gasteiger partial charge >= 0.3 is 0 Å². The summed E-state index contributed by atoms with van der Waals surface area (Å²) in [5, 5.41) is 3.94. The van der Waals surface area contributed by atoms with Crippen LogP contribution < -0.4 is 10.1 Å². The molecule has 1 unspecified atom stereocenters. The van der Waals surface area contributed by atoms with Gasteiger partial charge in [-0.05, 0) is 36.2 Å². The molecule has 0 aliphatic rings. The Hall–Kier alpha value is -2.82. The molecule has 3 aromatic rings. The molecule has 3 rings (SSSR count). The molecule has 0 saturated heterocycles. The number of para-hydroxylation sites is 1. The highest BCUT2D eigenvalue weighted by molar-refractivity contribution is 5.88. The number of H-pyrrole nitrogens is 1. The average Bonchev–Trinajstić information content (AvgIpc) is 2.97. The first-order chi connectivity index (χ1) is 11.6. The largest absolute Gasteiger partial charge is 0.494 e. The van der Waals surface area contributed by atoms with Crippen LogP contribution in [0, 0.1) is 5.82 Å². The number of methoxy groups -OCH3 is 1. The van der Waals surface area contributed by atoms with E-state index in [-0.39, 0.29) is 24.1 Å². The van der Waals surface area contributed by atoms with Crippen molar-refractivity contribution in [3.8, 4) is 5.75 Å². The fraction of sp³-hybridized carbons (Fsp3) is 0.211. The molecular formula is C19H19FN2O2. The second-order valence-corrected chi connectivity index (χ2v) is 5.72. The molecule has 1 heterocycles. The van der Waals surface area contributed by atoms with Crippen LogP contribution in [-0.4, -0.2) is 18.0 Å². The maximum absolute atomic E-state index is 13.8. The summed E-state index contributed by atoms with van der Waals surface area (Å²) in [7, 11) is 1.42. The van der Waals surface area contributed by atoms with Crippen molar-refractivity contribution < 1.29 is 13.9 Å². The molecule has 0 spiro atoms. The lowest BCUT2D eigenvalue weighted by molar-refractivity contribution is -0.121. The molecule has 1 aromatic heterocycles. The van der Waals surface area contributed by atoms with Gasteiger partial charge in [0.1, 0.15) is 0 Å². The Morgan fingerprint density at radius 3 is 2.83 bits per heavy atom. The first-order valence-corrected chi connectivity index (χ1v) is 7.76. The van der Waals surface area contributed by atoms with Crippen molar-refractivity contribution in [1.82, 2.24) is 10.3 Å². The number of aromatic nitrogens is 1. The number of nitrogens with one attached hydrogen (secondary N) is 2. The summed E-state index contributed by atoms with van der Waals surface area (Å²) in [6.07, 6.45) is 2.12. The molecule has 2 aromatic carbocycles. The lowest BCUT2D eigenvalue weighted by Crippen LogP contribution is -2.28. The zero-order valence-corrected chi connectivity index (χ0v) is 13.6. The van der Waals surface area contributed by atoms with Gasteiger partial charge in [-0.1, -0.05) is 24.3 Å². The number of ether oxygens (including phenoxy) is 1. The molecule has 4 nitrogen and oxygen atoms in total. The van der Waals surface area contributed by atoms with Crippen LogP contribution in [0.25, 0.3) is 10.9 Å². The van der Waals surface area contributed by atoms with E-state index in [4.69, 9.17) is 4.74 Å². The van der Waals surface area contributed by atoms with Gasteiger partial charge in [0.15, 0.2) is 11.6 Å². The summed E-state index contributed by atoms with van der Waals surface area (Å²) in [5.74, 6) is -0.354. The minimum absolute atomic E-state index is 0.108. The van der Waals surface area contributed by atoms with Crippen molar-refractivity contribution in [1.29, 1.82) is 0 Å². The fourth-order valence-electron chi connectivity index (χ4n) is 2.78. The number of hydrogen-bond acceptors (Lipinski definition) is 2. The summed E-state index contributed by atoms with van der Waals surface area (Å²) in [6.45, 7) is 1.83. The summed E-state index contributed by atoms with van der Waals surface area (Å²) in [6, 6.07) is 12.3. The fourth-order valence-corrected chi connectivity index (χ4v) is 2.78. The molecular weight excluding hydrogens is 307 g/mol. The summed E-state index contributed by atoms with van der Waals surface area (Å²) in [5.41, 5.74) is 2.64. The quantitative estimate of drug-likeness (QED) is 0.750. The highest BCUT2D eigenvalue weighted by Crippen LogP contribution is 2.22. The van der Waals surface area contributed by atoms with Gasteiger partial charge in [-0.2, -0.15) is 0 Å². The Bertz CT molecular complexity index is 873. The highest BCUT2D eigenvalue weighted by atomic mass is 19.1. The van der Waals surface area contributed by atoms with E-state index >= 15 is 0 Å². The number of benzene rings is 2. The molecule has 1 amide bonds. The van der Waals surface area contributed by atoms with Gasteiger partial charge < -0.3 is 15.0 Å². The minimum Gasteiger partial charge on any atom is -0.494 e. The third-order valence-electron chi connectivity index (χ3n) is 4.08. The smallest absolute Gasteiger partial charge is 0.224 e. The summed E-state index contributed by atoms with van der Waals surface area (Å²) < 4.78 is 18.7. The van der Waals surface area contributed by atoms with Crippen LogP contribution in [0.3, 0.4) is 0 Å². The van der Waals surface area contributed by atoms with Gasteiger partial charge in [0.2, 0.25) is 5.91 Å². The van der Waals surface area contributed by atoms with Gasteiger partial charge in [0.25, 0.3) is 0 Å². The molecule has 2 N–H and O–H groups in total. The van der Waals surface area contributed by atoms with Crippen molar-refractivity contribution in [2.24, 2.45) is 0 Å². The van der Waals surface area contributed by atoms with Crippen LogP contribution in [0.4, 0.5) is 4.39 Å². The lowest BCUT2D eigenvalue weighted by atomic mass is 10.1. The van der Waals surface area contributed by atoms with E-state index in [1.54, 1.807) is 12.1 Å². The topological polar surface area (TPSA) is 54.1 Å². The van der Waals surface area contributed by atoms with Crippen molar-refractivity contribution >= 4 is 16.8 Å². The predicted molar refractivity (Wildman–Crippen MR) is 91.5 cm³/mol. The Balaban J connectivity index is 1.69. The standard InChI is InChI=1S/C19H19FN2O2/c1-12(13-7-8-18(24-2)16(20)9-13)22-19(23)10-14-11-21-17-6-4-3-5-15(14)17/h3-9,11-12,21H,10H2,1-2H3,(H,22,23). The molecule has 0 radical (unpaired) electrons. The minimum atomic E-state index is -0.437. The Morgan fingerprint density at radius 2 is 2.08 bits per heavy atom. The number of fused-ring (bicyclic) bond motifs is 1. The monoisotopic (exact) mass is 326 g/mol. The maximum Gasteiger partial charge on any atom is 0.224 e. The molecule has 0 fully saturated rings. The molecule has 0 aliphatic carbocycles. The molecule has 0 bridgehead atoms. The average molecular weight is 326 g/mol. The molecule has 124 valence electrons. The van der Waals surface area contributed by atoms with Gasteiger partial charge in [-0.15, -0.1) is 0 Å². The first kappa shape index (κ1) is 16.1. The third kappa shape index (κ3) is 3.25. The Morgan fingerprint density at radius 1 is 1.29 bits per heavy atom. The Kier molecular flexibility index (Phi) is 4.51. The Labute approximate surface area is 139 Å². The van der Waals surface area contributed by atoms with E-state index in [2.05, 4.69) is 10.3 Å². The van der Waals surface area contributed by atoms with Crippen molar-refractivity contribution in [3.05, 3.63) is 65.6 Å². The van der Waals surface area contributed by atoms with E-state index in [0.29, 0.717) is 5.56 Å². The van der Waals surface area contributed by atoms with Crippen LogP contribution in [0.15, 0.2) is 48.7 Å². The van der Waals surface area contributed by atoms with E-state index in [1.165, 1.54) is 13.2 Å². The SMILES string of the molecule is COc1ccc(C(C)NC(=O)Cc2c[nH]c3ccccc23)cc1F. The normalized spacial score (nSPS) is 12.1. The number of halogens is 1. The van der Waals surface area contributed by atoms with Crippen LogP contribution >= 0.6 is 0 Å². The van der Waals surface area contributed by atoms with Gasteiger partial charge in [0, 0.05) is 17.1 Å². The highest BCUT2D eigenvalue weighted by Gasteiger charge is 2.14. The molecule has 5 heteroatoms. The summed E-state index contributed by atoms with van der Waals surface area (Å²) in [4.78, 5) is 15.5. The van der Waals surface area contributed by atoms with Crippen LogP contribution in [-0.2, 0) is 11.2 Å². The summed E-state index contributed by atoms with van der Waals surface area (Å²) >= 11 is 0. The number of amides is 1. The first-order valence-electron chi connectivity index (χ1n) is 7.76. The van der Waals surface area contributed by atoms with Gasteiger partial charge in [0.05, 0.1) is 19.6 Å². The van der Waals surface area contributed by atoms with E-state index in [1.807, 2.05) is 37.4 Å². The lowest BCUT2D eigenvalue weighted by Gasteiger charge is -2.15. The molecule has 1 atom stereocenters. The molecule has 24 heavy (non-hydrogen) atoms. The van der Waals surface area contributed by atoms with Crippen molar-refractivity contribution in [2.75, 3.05) is 7.11 Å². The number of carbonyl (C=O) groups is 1. The number of rotatable bonds is 5. The van der Waals surface area contributed by atoms with Crippen LogP contribution in [0.5, 0.6) is 5.75 Å². The number of aromatic amines is 1. The van der Waals surface area contributed by atoms with E-state index in [9.17, 15) is 9.18 Å². The second kappa shape index (κ2) is 6.74. The molecule has 0 aliphatic heterocycles. The zero-order valence-electron chi connectivity index (χ0n) is 13.6. The zero-order chi connectivity index (χ0) is 17.1. The molecule has 0 saturated carbocycles. The third-order valence-corrected chi connectivity index (χ3v) is 4.08. The van der Waals surface area contributed by atoms with Crippen LogP contribution in [0.2, 0.25) is 0 Å². The van der Waals surface area contributed by atoms with Crippen molar-refractivity contribution in [3.63, 3.8) is 0 Å². The number of carbonyl (C=O) groups excluding carboxylic acids is 1. The van der Waals surface area contributed by atoms with E-state index < -0.39 is 5.82 Å². The predicted octanol–water partition coefficient (Wildman–Crippen LogP) is 3.74. The van der Waals surface area contributed by atoms with Crippen LogP contribution in [0.1, 0.15) is 24.1 Å². The van der Waals surface area contributed by atoms with Crippen molar-refractivity contribution in [2.45, 2.75) is 19.4 Å². The van der Waals surface area contributed by atoms with E-state index in [0.717, 1.165) is 16.5 Å². The second-order valence-electron chi connectivity index (χ2n) is 5.72. The van der Waals surface area contributed by atoms with Gasteiger partial charge in [-0.25, -0.2) is 4.39 Å². The van der Waals surface area contributed by atoms with Gasteiger partial charge in [-0.3, -0.25) is 4.79 Å². The maximum atomic E-state index is 13.8.